The maximum atomic E-state index is 11.1. The smallest absolute Gasteiger partial charge is 0.225 e. The molecule has 0 saturated carbocycles. The van der Waals surface area contributed by atoms with E-state index in [2.05, 4.69) is 0 Å². The van der Waals surface area contributed by atoms with E-state index in [1.54, 1.807) is 6.07 Å². The fraction of sp³-hybridized carbons (Fsp3) is 0.300. The molecule has 1 aliphatic rings. The second-order valence-corrected chi connectivity index (χ2v) is 4.30. The molecule has 0 aromatic heterocycles. The minimum Gasteiger partial charge on any atom is -0.369 e. The van der Waals surface area contributed by atoms with Gasteiger partial charge < -0.3 is 5.73 Å². The summed E-state index contributed by atoms with van der Waals surface area (Å²) in [5, 5.41) is 1.16. The number of nitrogens with two attached hydrogens (primary N) is 1. The molecule has 0 saturated heterocycles. The van der Waals surface area contributed by atoms with Crippen molar-refractivity contribution >= 4 is 29.1 Å². The average Bonchev–Trinajstić information content (AvgIpc) is 2.47. The third-order valence-electron chi connectivity index (χ3n) is 2.57. The van der Waals surface area contributed by atoms with E-state index in [0.717, 1.165) is 24.0 Å². The fourth-order valence-electron chi connectivity index (χ4n) is 1.96. The van der Waals surface area contributed by atoms with Gasteiger partial charge in [-0.2, -0.15) is 0 Å². The van der Waals surface area contributed by atoms with Crippen LogP contribution in [0.25, 0.3) is 0 Å². The normalized spacial score (nSPS) is 19.4. The van der Waals surface area contributed by atoms with Crippen LogP contribution in [0.5, 0.6) is 0 Å². The lowest BCUT2D eigenvalue weighted by Crippen LogP contribution is -2.19. The van der Waals surface area contributed by atoms with Crippen molar-refractivity contribution in [1.82, 2.24) is 0 Å². The van der Waals surface area contributed by atoms with E-state index in [1.165, 1.54) is 0 Å². The van der Waals surface area contributed by atoms with Gasteiger partial charge in [-0.05, 0) is 36.1 Å². The van der Waals surface area contributed by atoms with Gasteiger partial charge in [0, 0.05) is 10.0 Å². The first-order chi connectivity index (χ1) is 6.59. The summed E-state index contributed by atoms with van der Waals surface area (Å²) < 4.78 is 0. The highest BCUT2D eigenvalue weighted by molar-refractivity contribution is 6.35. The summed E-state index contributed by atoms with van der Waals surface area (Å²) in [5.41, 5.74) is 7.20. The van der Waals surface area contributed by atoms with Gasteiger partial charge in [-0.1, -0.05) is 23.2 Å². The molecule has 2 nitrogen and oxygen atoms in total. The van der Waals surface area contributed by atoms with E-state index in [1.807, 2.05) is 6.07 Å². The average molecular weight is 230 g/mol. The van der Waals surface area contributed by atoms with E-state index in [-0.39, 0.29) is 11.8 Å². The number of carbonyl (C=O) groups excluding carboxylic acids is 1. The van der Waals surface area contributed by atoms with Crippen molar-refractivity contribution in [1.29, 1.82) is 0 Å². The molecule has 1 amide bonds. The van der Waals surface area contributed by atoms with Crippen LogP contribution in [0, 0.1) is 0 Å². The Balaban J connectivity index is 2.54. The third kappa shape index (κ3) is 1.49. The summed E-state index contributed by atoms with van der Waals surface area (Å²) in [6.07, 6.45) is 1.56. The fourth-order valence-corrected chi connectivity index (χ4v) is 2.63. The number of aryl methyl sites for hydroxylation is 1. The lowest BCUT2D eigenvalue weighted by molar-refractivity contribution is -0.119. The third-order valence-corrected chi connectivity index (χ3v) is 3.11. The molecule has 0 unspecified atom stereocenters. The van der Waals surface area contributed by atoms with Crippen LogP contribution in [0.1, 0.15) is 23.5 Å². The summed E-state index contributed by atoms with van der Waals surface area (Å²) in [6, 6.07) is 3.51. The van der Waals surface area contributed by atoms with Gasteiger partial charge >= 0.3 is 0 Å². The van der Waals surface area contributed by atoms with Gasteiger partial charge in [0.1, 0.15) is 0 Å². The number of fused-ring (bicyclic) bond motifs is 1. The Kier molecular flexibility index (Phi) is 2.41. The largest absolute Gasteiger partial charge is 0.369 e. The highest BCUT2D eigenvalue weighted by Gasteiger charge is 2.29. The summed E-state index contributed by atoms with van der Waals surface area (Å²) >= 11 is 11.9. The Labute approximate surface area is 92.0 Å². The van der Waals surface area contributed by atoms with Crippen molar-refractivity contribution < 1.29 is 4.79 Å². The van der Waals surface area contributed by atoms with Gasteiger partial charge in [-0.15, -0.1) is 0 Å². The van der Waals surface area contributed by atoms with Crippen LogP contribution in [0.2, 0.25) is 10.0 Å². The zero-order chi connectivity index (χ0) is 10.3. The van der Waals surface area contributed by atoms with Gasteiger partial charge in [0.05, 0.1) is 5.92 Å². The minimum absolute atomic E-state index is 0.241. The number of amides is 1. The molecule has 1 aliphatic carbocycles. The van der Waals surface area contributed by atoms with Crippen LogP contribution in [0.3, 0.4) is 0 Å². The van der Waals surface area contributed by atoms with Crippen LogP contribution in [-0.4, -0.2) is 5.91 Å². The second kappa shape index (κ2) is 3.44. The first kappa shape index (κ1) is 9.81. The number of carbonyl (C=O) groups is 1. The van der Waals surface area contributed by atoms with Crippen LogP contribution >= 0.6 is 23.2 Å². The molecule has 14 heavy (non-hydrogen) atoms. The molecule has 0 spiro atoms. The molecule has 0 heterocycles. The van der Waals surface area contributed by atoms with Crippen LogP contribution in [0.4, 0.5) is 0 Å². The van der Waals surface area contributed by atoms with E-state index in [0.29, 0.717) is 10.0 Å². The summed E-state index contributed by atoms with van der Waals surface area (Å²) in [5.74, 6) is -0.553. The molecule has 0 radical (unpaired) electrons. The van der Waals surface area contributed by atoms with Gasteiger partial charge in [0.2, 0.25) is 5.91 Å². The van der Waals surface area contributed by atoms with E-state index < -0.39 is 0 Å². The van der Waals surface area contributed by atoms with Crippen molar-refractivity contribution in [3.8, 4) is 0 Å². The van der Waals surface area contributed by atoms with Gasteiger partial charge in [0.15, 0.2) is 0 Å². The number of rotatable bonds is 1. The van der Waals surface area contributed by atoms with Crippen molar-refractivity contribution in [2.75, 3.05) is 0 Å². The SMILES string of the molecule is NC(=O)[C@H]1CCc2cc(Cl)cc(Cl)c21. The molecule has 0 fully saturated rings. The van der Waals surface area contributed by atoms with Gasteiger partial charge in [0.25, 0.3) is 0 Å². The minimum atomic E-state index is -0.312. The molecule has 0 aliphatic heterocycles. The predicted molar refractivity (Wildman–Crippen MR) is 56.7 cm³/mol. The van der Waals surface area contributed by atoms with Crippen molar-refractivity contribution in [2.45, 2.75) is 18.8 Å². The van der Waals surface area contributed by atoms with Crippen LogP contribution in [0.15, 0.2) is 12.1 Å². The maximum Gasteiger partial charge on any atom is 0.225 e. The van der Waals surface area contributed by atoms with Crippen molar-refractivity contribution in [3.63, 3.8) is 0 Å². The number of hydrogen-bond acceptors (Lipinski definition) is 1. The molecule has 0 bridgehead atoms. The number of primary amides is 1. The molecular weight excluding hydrogens is 221 g/mol. The van der Waals surface area contributed by atoms with Crippen molar-refractivity contribution in [2.24, 2.45) is 5.73 Å². The number of halogens is 2. The molecule has 74 valence electrons. The van der Waals surface area contributed by atoms with E-state index >= 15 is 0 Å². The maximum absolute atomic E-state index is 11.1. The first-order valence-corrected chi connectivity index (χ1v) is 5.12. The van der Waals surface area contributed by atoms with Gasteiger partial charge in [-0.3, -0.25) is 4.79 Å². The number of hydrogen-bond donors (Lipinski definition) is 1. The summed E-state index contributed by atoms with van der Waals surface area (Å²) in [7, 11) is 0. The Morgan fingerprint density at radius 1 is 1.43 bits per heavy atom. The lowest BCUT2D eigenvalue weighted by Gasteiger charge is -2.09. The van der Waals surface area contributed by atoms with E-state index in [4.69, 9.17) is 28.9 Å². The number of benzene rings is 1. The Bertz CT molecular complexity index is 403. The summed E-state index contributed by atoms with van der Waals surface area (Å²) in [4.78, 5) is 11.1. The highest BCUT2D eigenvalue weighted by atomic mass is 35.5. The molecule has 2 N–H and O–H groups in total. The zero-order valence-electron chi connectivity index (χ0n) is 7.39. The predicted octanol–water partition coefficient (Wildman–Crippen LogP) is 2.51. The Hall–Kier alpha value is -0.730. The van der Waals surface area contributed by atoms with E-state index in [9.17, 15) is 4.79 Å². The monoisotopic (exact) mass is 229 g/mol. The molecule has 1 aromatic carbocycles. The molecule has 4 heteroatoms. The van der Waals surface area contributed by atoms with Crippen LogP contribution in [-0.2, 0) is 11.2 Å². The molecule has 1 atom stereocenters. The summed E-state index contributed by atoms with van der Waals surface area (Å²) in [6.45, 7) is 0. The lowest BCUT2D eigenvalue weighted by atomic mass is 10.0. The van der Waals surface area contributed by atoms with Crippen molar-refractivity contribution in [3.05, 3.63) is 33.3 Å². The first-order valence-electron chi connectivity index (χ1n) is 4.36. The molecular formula is C10H9Cl2NO. The zero-order valence-corrected chi connectivity index (χ0v) is 8.90. The van der Waals surface area contributed by atoms with Gasteiger partial charge in [-0.25, -0.2) is 0 Å². The molecule has 1 aromatic rings. The molecule has 2 rings (SSSR count). The Morgan fingerprint density at radius 3 is 2.79 bits per heavy atom. The second-order valence-electron chi connectivity index (χ2n) is 3.45. The standard InChI is InChI=1S/C10H9Cl2NO/c11-6-3-5-1-2-7(10(13)14)9(5)8(12)4-6/h3-4,7H,1-2H2,(H2,13,14)/t7-/m0/s1. The highest BCUT2D eigenvalue weighted by Crippen LogP contribution is 2.39. The quantitative estimate of drug-likeness (QED) is 0.791. The van der Waals surface area contributed by atoms with Crippen LogP contribution < -0.4 is 5.73 Å². The Morgan fingerprint density at radius 2 is 2.14 bits per heavy atom. The topological polar surface area (TPSA) is 43.1 Å².